The van der Waals surface area contributed by atoms with E-state index < -0.39 is 165 Å². The van der Waals surface area contributed by atoms with Gasteiger partial charge in [-0.25, -0.2) is 4.98 Å². The topological polar surface area (TPSA) is 364 Å². The number of alkyl halides is 21. The number of anilines is 6. The molecule has 1 heterocycles. The van der Waals surface area contributed by atoms with Crippen LogP contribution in [0.15, 0.2) is 48.5 Å². The Labute approximate surface area is 405 Å². The Morgan fingerprint density at radius 1 is 0.455 bits per heavy atom. The fourth-order valence-corrected chi connectivity index (χ4v) is 5.24. The number of imidazole rings is 1. The number of hydrogen-bond donors (Lipinski definition) is 7. The molecule has 22 nitrogen and oxygen atoms in total. The van der Waals surface area contributed by atoms with Crippen LogP contribution in [0.4, 0.5) is 149 Å². The van der Waals surface area contributed by atoms with Crippen LogP contribution in [0.5, 0.6) is 0 Å². The minimum absolute atomic E-state index is 0.00122. The van der Waals surface area contributed by atoms with E-state index in [4.69, 9.17) is 22.9 Å². The number of H-pyrrole nitrogens is 1. The van der Waals surface area contributed by atoms with Crippen molar-refractivity contribution in [2.75, 3.05) is 33.6 Å². The lowest BCUT2D eigenvalue weighted by Gasteiger charge is -2.17. The second-order valence-corrected chi connectivity index (χ2v) is 13.8. The molecule has 422 valence electrons. The van der Waals surface area contributed by atoms with Crippen LogP contribution >= 0.6 is 0 Å². The zero-order valence-electron chi connectivity index (χ0n) is 35.7. The number of nitrogens with two attached hydrogens (primary N) is 4. The van der Waals surface area contributed by atoms with Crippen LogP contribution in [0.1, 0.15) is 28.1 Å². The number of rotatable bonds is 6. The van der Waals surface area contributed by atoms with Crippen molar-refractivity contribution in [3.8, 4) is 0 Å². The fraction of sp³-hybridized carbons (Fsp3) is 0.206. The first-order chi connectivity index (χ1) is 34.4. The second kappa shape index (κ2) is 22.2. The Kier molecular flexibility index (Phi) is 18.4. The molecular formula is C34H19F21N12O10. The molecule has 0 aliphatic carbocycles. The monoisotopic (exact) mass is 1150 g/mol. The van der Waals surface area contributed by atoms with Gasteiger partial charge >= 0.3 is 55.0 Å². The number of carbonyl (C=O) groups is 2. The van der Waals surface area contributed by atoms with Crippen molar-refractivity contribution in [3.05, 3.63) is 117 Å². The molecule has 0 unspecified atom stereocenters. The number of benzene rings is 4. The number of amides is 2. The number of non-ortho nitro benzene ring substituents is 2. The summed E-state index contributed by atoms with van der Waals surface area (Å²) >= 11 is 0. The molecular weight excluding hydrogens is 1140 g/mol. The molecule has 0 spiro atoms. The molecule has 0 aliphatic heterocycles. The summed E-state index contributed by atoms with van der Waals surface area (Å²) in [7, 11) is 0. The van der Waals surface area contributed by atoms with Crippen molar-refractivity contribution >= 4 is 79.7 Å². The summed E-state index contributed by atoms with van der Waals surface area (Å²) in [6.45, 7) is 0. The van der Waals surface area contributed by atoms with Crippen molar-refractivity contribution in [2.45, 2.75) is 43.2 Å². The van der Waals surface area contributed by atoms with E-state index >= 15 is 0 Å². The average Bonchev–Trinajstić information content (AvgIpc) is 3.67. The Bertz CT molecular complexity index is 3110. The first kappa shape index (κ1) is 63.7. The molecule has 0 fully saturated rings. The number of aromatic amines is 1. The first-order valence-electron chi connectivity index (χ1n) is 18.2. The van der Waals surface area contributed by atoms with Gasteiger partial charge in [0.25, 0.3) is 22.7 Å². The predicted molar refractivity (Wildman–Crippen MR) is 214 cm³/mol. The molecule has 0 saturated heterocycles. The Morgan fingerprint density at radius 2 is 0.818 bits per heavy atom. The van der Waals surface area contributed by atoms with E-state index in [9.17, 15) is 142 Å². The van der Waals surface area contributed by atoms with Gasteiger partial charge in [0.15, 0.2) is 0 Å². The molecule has 0 aliphatic rings. The first-order valence-corrected chi connectivity index (χ1v) is 18.2. The number of carbonyl (C=O) groups excluding carboxylic acids is 2. The minimum atomic E-state index is -5.63. The lowest BCUT2D eigenvalue weighted by molar-refractivity contribution is -0.394. The van der Waals surface area contributed by atoms with E-state index in [0.29, 0.717) is 18.2 Å². The Hall–Kier alpha value is -9.38. The molecule has 1 aromatic heterocycles. The van der Waals surface area contributed by atoms with E-state index in [-0.39, 0.29) is 23.9 Å². The minimum Gasteiger partial charge on any atom is -0.399 e. The SMILES string of the molecule is Nc1c([N+](=O)[O-])cc([N+](=O)[O-])cc1C(F)(F)F.Nc1cc(C(F)(F)F)c2nc(C(F)(F)F)[nH]c2c1.Nc1cc(N)c(NC(=O)C(F)(F)F)c(C(F)(F)F)c1.O=C(Nc1c([N+](=O)[O-])cc([N+](=O)[O-])cc1C(F)(F)F)C(F)(F)F. The van der Waals surface area contributed by atoms with Crippen LogP contribution in [0.25, 0.3) is 11.0 Å². The molecule has 77 heavy (non-hydrogen) atoms. The van der Waals surface area contributed by atoms with E-state index in [1.54, 1.807) is 4.98 Å². The maximum atomic E-state index is 12.8. The maximum Gasteiger partial charge on any atom is 0.471 e. The van der Waals surface area contributed by atoms with Crippen LogP contribution in [-0.2, 0) is 40.5 Å². The number of nitrogens with zero attached hydrogens (tertiary/aromatic N) is 5. The van der Waals surface area contributed by atoms with Crippen molar-refractivity contribution in [2.24, 2.45) is 0 Å². The fourth-order valence-electron chi connectivity index (χ4n) is 5.24. The summed E-state index contributed by atoms with van der Waals surface area (Å²) in [5.74, 6) is -6.96. The number of aromatic nitrogens is 2. The zero-order chi connectivity index (χ0) is 60.3. The number of nitro groups is 4. The number of halogens is 21. The van der Waals surface area contributed by atoms with E-state index in [1.165, 1.54) is 0 Å². The molecule has 0 saturated carbocycles. The smallest absolute Gasteiger partial charge is 0.399 e. The van der Waals surface area contributed by atoms with Crippen molar-refractivity contribution in [1.29, 1.82) is 0 Å². The largest absolute Gasteiger partial charge is 0.471 e. The lowest BCUT2D eigenvalue weighted by atomic mass is 10.1. The molecule has 0 bridgehead atoms. The van der Waals surface area contributed by atoms with Gasteiger partial charge in [-0.05, 0) is 24.3 Å². The summed E-state index contributed by atoms with van der Waals surface area (Å²) in [6, 6.07) is 3.01. The van der Waals surface area contributed by atoms with Gasteiger partial charge in [-0.2, -0.15) is 92.2 Å². The summed E-state index contributed by atoms with van der Waals surface area (Å²) < 4.78 is 261. The molecule has 5 rings (SSSR count). The highest BCUT2D eigenvalue weighted by Gasteiger charge is 2.46. The summed E-state index contributed by atoms with van der Waals surface area (Å²) in [5.41, 5.74) is 1.78. The Morgan fingerprint density at radius 3 is 1.19 bits per heavy atom. The zero-order valence-corrected chi connectivity index (χ0v) is 35.7. The molecule has 2 amide bonds. The number of nitrogen functional groups attached to an aromatic ring is 4. The molecule has 11 N–H and O–H groups in total. The van der Waals surface area contributed by atoms with E-state index in [2.05, 4.69) is 4.98 Å². The van der Waals surface area contributed by atoms with Gasteiger partial charge in [0.05, 0.1) is 71.0 Å². The second-order valence-electron chi connectivity index (χ2n) is 13.8. The van der Waals surface area contributed by atoms with Gasteiger partial charge in [0.2, 0.25) is 5.82 Å². The summed E-state index contributed by atoms with van der Waals surface area (Å²) in [4.78, 5) is 62.7. The van der Waals surface area contributed by atoms with Crippen molar-refractivity contribution < 1.29 is 121 Å². The lowest BCUT2D eigenvalue weighted by Crippen LogP contribution is -2.31. The van der Waals surface area contributed by atoms with Gasteiger partial charge in [-0.15, -0.1) is 0 Å². The van der Waals surface area contributed by atoms with Crippen LogP contribution in [0, 0.1) is 40.5 Å². The normalized spacial score (nSPS) is 12.2. The number of hydrogen-bond acceptors (Lipinski definition) is 15. The maximum absolute atomic E-state index is 12.8. The highest BCUT2D eigenvalue weighted by Crippen LogP contribution is 2.45. The van der Waals surface area contributed by atoms with E-state index in [0.717, 1.165) is 22.8 Å². The van der Waals surface area contributed by atoms with Crippen molar-refractivity contribution in [3.63, 3.8) is 0 Å². The third kappa shape index (κ3) is 16.8. The number of nitro benzene ring substituents is 4. The van der Waals surface area contributed by atoms with Crippen LogP contribution < -0.4 is 33.6 Å². The highest BCUT2D eigenvalue weighted by atomic mass is 19.4. The van der Waals surface area contributed by atoms with Crippen LogP contribution in [0.3, 0.4) is 0 Å². The number of fused-ring (bicyclic) bond motifs is 1. The van der Waals surface area contributed by atoms with Crippen LogP contribution in [0.2, 0.25) is 0 Å². The standard InChI is InChI=1S/C9H3F6N3O5.C9H7F6N3O.C9H5F6N3.C7H4F3N3O4/c10-8(11,12)4-1-3(17(20)21)2-5(18(22)23)6(4)16-7(19)9(13,14)15;10-8(11,12)4-1-3(16)2-5(17)6(4)18-7(19)9(13,14)15;10-8(11,12)4-1-3(16)2-5-6(4)18-7(17-5)9(13,14)15;8-7(9,10)4-1-3(12(14)15)2-5(6(4)11)13(16)17/h1-2H,(H,16,19);1-2H,16-17H2,(H,18,19);1-2H,16H2,(H,17,18);1-2H,11H2. The number of nitrogens with one attached hydrogen (secondary N) is 3. The van der Waals surface area contributed by atoms with Crippen molar-refractivity contribution in [1.82, 2.24) is 9.97 Å². The average molecular weight is 1150 g/mol. The molecule has 5 aromatic rings. The quantitative estimate of drug-likeness (QED) is 0.0360. The summed E-state index contributed by atoms with van der Waals surface area (Å²) in [5, 5.41) is 43.8. The Balaban J connectivity index is 0.000000353. The van der Waals surface area contributed by atoms with Gasteiger partial charge in [-0.1, -0.05) is 0 Å². The molecule has 43 heteroatoms. The van der Waals surface area contributed by atoms with Gasteiger partial charge in [0, 0.05) is 23.5 Å². The third-order valence-electron chi connectivity index (χ3n) is 8.34. The molecule has 4 aromatic carbocycles. The molecule has 0 radical (unpaired) electrons. The van der Waals surface area contributed by atoms with Crippen LogP contribution in [-0.4, -0.2) is 53.8 Å². The van der Waals surface area contributed by atoms with Gasteiger partial charge in [-0.3, -0.25) is 50.0 Å². The predicted octanol–water partition coefficient (Wildman–Crippen LogP) is 10.7. The van der Waals surface area contributed by atoms with Gasteiger partial charge in [0.1, 0.15) is 16.9 Å². The van der Waals surface area contributed by atoms with E-state index in [1.807, 2.05) is 0 Å². The highest BCUT2D eigenvalue weighted by molar-refractivity contribution is 5.99. The third-order valence-corrected chi connectivity index (χ3v) is 8.34. The summed E-state index contributed by atoms with van der Waals surface area (Å²) in [6.07, 6.45) is -36.2. The van der Waals surface area contributed by atoms with Gasteiger partial charge < -0.3 is 38.6 Å². The molecule has 0 atom stereocenters.